The molecule has 8 heteroatoms. The molecule has 0 unspecified atom stereocenters. The number of fused-ring (bicyclic) bond motifs is 1. The molecule has 0 fully saturated rings. The maximum Gasteiger partial charge on any atom is 0.291 e. The number of ether oxygens (including phenoxy) is 1. The topological polar surface area (TPSA) is 74.3 Å². The maximum absolute atomic E-state index is 13.4. The van der Waals surface area contributed by atoms with Gasteiger partial charge in [-0.25, -0.2) is 4.68 Å². The summed E-state index contributed by atoms with van der Waals surface area (Å²) in [7, 11) is 0. The Hall–Kier alpha value is -4.56. The highest BCUT2D eigenvalue weighted by Crippen LogP contribution is 2.28. The third-order valence-corrected chi connectivity index (χ3v) is 7.42. The van der Waals surface area contributed by atoms with Gasteiger partial charge in [-0.3, -0.25) is 4.79 Å². The van der Waals surface area contributed by atoms with Crippen LogP contribution in [0.15, 0.2) is 83.8 Å². The van der Waals surface area contributed by atoms with Gasteiger partial charge in [0.2, 0.25) is 4.96 Å². The summed E-state index contributed by atoms with van der Waals surface area (Å²) in [6.45, 7) is 6.89. The molecule has 39 heavy (non-hydrogen) atoms. The van der Waals surface area contributed by atoms with Gasteiger partial charge >= 0.3 is 0 Å². The van der Waals surface area contributed by atoms with Crippen LogP contribution in [0.2, 0.25) is 0 Å². The Morgan fingerprint density at radius 1 is 0.974 bits per heavy atom. The van der Waals surface area contributed by atoms with Gasteiger partial charge in [0, 0.05) is 22.9 Å². The zero-order valence-corrected chi connectivity index (χ0v) is 22.8. The monoisotopic (exact) mass is 533 g/mol. The Labute approximate surface area is 229 Å². The predicted octanol–water partition coefficient (Wildman–Crippen LogP) is 5.62. The van der Waals surface area contributed by atoms with E-state index in [4.69, 9.17) is 9.84 Å². The molecule has 3 heterocycles. The highest BCUT2D eigenvalue weighted by molar-refractivity contribution is 7.15. The van der Waals surface area contributed by atoms with Crippen molar-refractivity contribution in [2.24, 2.45) is 0 Å². The Morgan fingerprint density at radius 2 is 1.77 bits per heavy atom. The van der Waals surface area contributed by atoms with Crippen LogP contribution in [0, 0.1) is 13.8 Å². The molecule has 0 bridgehead atoms. The van der Waals surface area contributed by atoms with Crippen LogP contribution in [0.3, 0.4) is 0 Å². The number of benzene rings is 3. The van der Waals surface area contributed by atoms with Gasteiger partial charge in [0.25, 0.3) is 5.56 Å². The lowest BCUT2D eigenvalue weighted by Crippen LogP contribution is -2.23. The van der Waals surface area contributed by atoms with Gasteiger partial charge in [-0.15, -0.1) is 5.10 Å². The van der Waals surface area contributed by atoms with Gasteiger partial charge in [0.05, 0.1) is 16.8 Å². The minimum atomic E-state index is -0.198. The average molecular weight is 534 g/mol. The number of rotatable bonds is 7. The zero-order chi connectivity index (χ0) is 26.9. The molecular formula is C31H27N5O2S. The first kappa shape index (κ1) is 24.8. The molecule has 194 valence electrons. The van der Waals surface area contributed by atoms with E-state index in [2.05, 4.69) is 49.1 Å². The summed E-state index contributed by atoms with van der Waals surface area (Å²) in [5.41, 5.74) is 6.57. The number of para-hydroxylation sites is 1. The summed E-state index contributed by atoms with van der Waals surface area (Å²) in [6, 6.07) is 23.9. The van der Waals surface area contributed by atoms with Crippen molar-refractivity contribution in [2.45, 2.75) is 27.2 Å². The highest BCUT2D eigenvalue weighted by atomic mass is 32.1. The third kappa shape index (κ3) is 4.86. The van der Waals surface area contributed by atoms with E-state index < -0.39 is 0 Å². The van der Waals surface area contributed by atoms with Crippen molar-refractivity contribution in [3.63, 3.8) is 0 Å². The van der Waals surface area contributed by atoms with E-state index in [-0.39, 0.29) is 5.56 Å². The molecule has 6 aromatic rings. The molecule has 0 radical (unpaired) electrons. The summed E-state index contributed by atoms with van der Waals surface area (Å²) >= 11 is 1.32. The molecular weight excluding hydrogens is 506 g/mol. The second-order valence-electron chi connectivity index (χ2n) is 9.45. The number of hydrogen-bond acceptors (Lipinski definition) is 6. The van der Waals surface area contributed by atoms with Gasteiger partial charge in [0.1, 0.15) is 11.4 Å². The van der Waals surface area contributed by atoms with Crippen LogP contribution in [-0.2, 0) is 0 Å². The molecule has 0 amide bonds. The minimum Gasteiger partial charge on any atom is -0.494 e. The van der Waals surface area contributed by atoms with Gasteiger partial charge < -0.3 is 4.74 Å². The fraction of sp³-hybridized carbons (Fsp3) is 0.161. The molecule has 3 aromatic carbocycles. The van der Waals surface area contributed by atoms with Crippen molar-refractivity contribution < 1.29 is 4.74 Å². The quantitative estimate of drug-likeness (QED) is 0.266. The zero-order valence-electron chi connectivity index (χ0n) is 22.0. The van der Waals surface area contributed by atoms with E-state index in [0.29, 0.717) is 21.9 Å². The molecule has 3 aromatic heterocycles. The third-order valence-electron chi connectivity index (χ3n) is 6.47. The molecule has 0 aliphatic heterocycles. The first-order chi connectivity index (χ1) is 19.0. The van der Waals surface area contributed by atoms with Crippen molar-refractivity contribution in [1.29, 1.82) is 0 Å². The average Bonchev–Trinajstić information content (AvgIpc) is 3.65. The Balaban J connectivity index is 1.42. The van der Waals surface area contributed by atoms with Gasteiger partial charge in [-0.1, -0.05) is 54.2 Å². The Kier molecular flexibility index (Phi) is 6.54. The lowest BCUT2D eigenvalue weighted by atomic mass is 10.0. The molecule has 0 saturated heterocycles. The van der Waals surface area contributed by atoms with E-state index in [1.54, 1.807) is 0 Å². The van der Waals surface area contributed by atoms with Crippen molar-refractivity contribution in [1.82, 2.24) is 24.4 Å². The van der Waals surface area contributed by atoms with E-state index in [9.17, 15) is 4.79 Å². The number of nitrogens with zero attached hydrogens (tertiary/aromatic N) is 5. The molecule has 7 nitrogen and oxygen atoms in total. The Bertz CT molecular complexity index is 1890. The van der Waals surface area contributed by atoms with Crippen LogP contribution in [0.5, 0.6) is 5.75 Å². The molecule has 0 spiro atoms. The fourth-order valence-corrected chi connectivity index (χ4v) is 5.32. The van der Waals surface area contributed by atoms with Gasteiger partial charge in [0.15, 0.2) is 5.82 Å². The smallest absolute Gasteiger partial charge is 0.291 e. The molecule has 0 saturated carbocycles. The number of thiazole rings is 1. The van der Waals surface area contributed by atoms with Crippen molar-refractivity contribution in [2.75, 3.05) is 6.61 Å². The standard InChI is InChI=1S/C31H27N5O2S/c1-4-16-38-25-14-12-22(13-15-25)29-32-31-36(34-29)30(37)27(39-31)18-23-19-35(24-8-6-5-7-9-24)33-28(23)26-17-20(2)10-11-21(26)3/h5-15,17-19H,4,16H2,1-3H3/b27-18-. The maximum atomic E-state index is 13.4. The number of aryl methyl sites for hydroxylation is 2. The normalized spacial score (nSPS) is 11.9. The van der Waals surface area contributed by atoms with Crippen LogP contribution in [0.25, 0.3) is 39.4 Å². The lowest BCUT2D eigenvalue weighted by Gasteiger charge is -2.05. The molecule has 0 aliphatic carbocycles. The molecule has 0 atom stereocenters. The summed E-state index contributed by atoms with van der Waals surface area (Å²) in [6.07, 6.45) is 4.81. The highest BCUT2D eigenvalue weighted by Gasteiger charge is 2.16. The van der Waals surface area contributed by atoms with Gasteiger partial charge in [-0.2, -0.15) is 14.6 Å². The predicted molar refractivity (Wildman–Crippen MR) is 156 cm³/mol. The van der Waals surface area contributed by atoms with E-state index in [0.717, 1.165) is 51.4 Å². The summed E-state index contributed by atoms with van der Waals surface area (Å²) in [4.78, 5) is 18.6. The second kappa shape index (κ2) is 10.3. The lowest BCUT2D eigenvalue weighted by molar-refractivity contribution is 0.317. The Morgan fingerprint density at radius 3 is 2.51 bits per heavy atom. The van der Waals surface area contributed by atoms with Crippen LogP contribution in [0.4, 0.5) is 0 Å². The fourth-order valence-electron chi connectivity index (χ4n) is 4.42. The second-order valence-corrected chi connectivity index (χ2v) is 10.5. The van der Waals surface area contributed by atoms with Crippen molar-refractivity contribution in [3.8, 4) is 34.1 Å². The van der Waals surface area contributed by atoms with E-state index in [1.807, 2.05) is 71.6 Å². The van der Waals surface area contributed by atoms with Gasteiger partial charge in [-0.05, 0) is 74.4 Å². The molecule has 0 aliphatic rings. The number of hydrogen-bond donors (Lipinski definition) is 0. The van der Waals surface area contributed by atoms with Crippen LogP contribution in [0.1, 0.15) is 30.0 Å². The first-order valence-electron chi connectivity index (χ1n) is 12.9. The summed E-state index contributed by atoms with van der Waals surface area (Å²) < 4.78 is 9.46. The minimum absolute atomic E-state index is 0.198. The summed E-state index contributed by atoms with van der Waals surface area (Å²) in [5, 5.41) is 9.46. The molecule has 6 rings (SSSR count). The van der Waals surface area contributed by atoms with Crippen molar-refractivity contribution in [3.05, 3.63) is 111 Å². The van der Waals surface area contributed by atoms with Crippen LogP contribution < -0.4 is 14.8 Å². The van der Waals surface area contributed by atoms with E-state index >= 15 is 0 Å². The van der Waals surface area contributed by atoms with Crippen LogP contribution in [-0.4, -0.2) is 31.0 Å². The largest absolute Gasteiger partial charge is 0.494 e. The first-order valence-corrected chi connectivity index (χ1v) is 13.7. The summed E-state index contributed by atoms with van der Waals surface area (Å²) in [5.74, 6) is 1.32. The number of aromatic nitrogens is 5. The SMILES string of the molecule is CCCOc1ccc(-c2nc3s/c(=C\c4cn(-c5ccccc5)nc4-c4cc(C)ccc4C)c(=O)n3n2)cc1. The molecule has 0 N–H and O–H groups in total. The van der Waals surface area contributed by atoms with Crippen molar-refractivity contribution >= 4 is 22.4 Å². The van der Waals surface area contributed by atoms with E-state index in [1.165, 1.54) is 15.9 Å². The van der Waals surface area contributed by atoms with Crippen LogP contribution >= 0.6 is 11.3 Å².